The van der Waals surface area contributed by atoms with Gasteiger partial charge in [0.1, 0.15) is 0 Å². The maximum Gasteiger partial charge on any atom is 0.0731 e. The van der Waals surface area contributed by atoms with E-state index in [4.69, 9.17) is 4.74 Å². The van der Waals surface area contributed by atoms with Gasteiger partial charge in [-0.25, -0.2) is 0 Å². The van der Waals surface area contributed by atoms with Crippen molar-refractivity contribution in [1.29, 1.82) is 0 Å². The first-order valence-corrected chi connectivity index (χ1v) is 8.74. The van der Waals surface area contributed by atoms with E-state index in [2.05, 4.69) is 44.3 Å². The normalized spacial score (nSPS) is 16.7. The van der Waals surface area contributed by atoms with Crippen LogP contribution in [0.1, 0.15) is 56.7 Å². The van der Waals surface area contributed by atoms with Crippen LogP contribution in [0.2, 0.25) is 0 Å². The third-order valence-electron chi connectivity index (χ3n) is 4.49. The molecule has 1 aliphatic rings. The van der Waals surface area contributed by atoms with Gasteiger partial charge >= 0.3 is 0 Å². The zero-order chi connectivity index (χ0) is 15.1. The van der Waals surface area contributed by atoms with Gasteiger partial charge in [0.15, 0.2) is 0 Å². The van der Waals surface area contributed by atoms with Crippen molar-refractivity contribution < 1.29 is 4.74 Å². The molecule has 1 N–H and O–H groups in total. The van der Waals surface area contributed by atoms with E-state index in [1.807, 2.05) is 0 Å². The van der Waals surface area contributed by atoms with Gasteiger partial charge in [-0.05, 0) is 62.3 Å². The Labute approximate surface area is 130 Å². The maximum absolute atomic E-state index is 6.00. The Balaban J connectivity index is 2.07. The number of likely N-dealkylation sites (N-methyl/N-ethyl adjacent to an activating group) is 1. The van der Waals surface area contributed by atoms with Crippen LogP contribution in [0.15, 0.2) is 18.2 Å². The van der Waals surface area contributed by atoms with Crippen LogP contribution in [0.5, 0.6) is 0 Å². The fourth-order valence-corrected chi connectivity index (χ4v) is 3.50. The molecule has 2 atom stereocenters. The van der Waals surface area contributed by atoms with Crippen LogP contribution in [-0.4, -0.2) is 25.3 Å². The summed E-state index contributed by atoms with van der Waals surface area (Å²) in [4.78, 5) is 0. The third kappa shape index (κ3) is 4.55. The predicted molar refractivity (Wildman–Crippen MR) is 90.0 cm³/mol. The van der Waals surface area contributed by atoms with Gasteiger partial charge in [-0.3, -0.25) is 0 Å². The minimum Gasteiger partial charge on any atom is -0.377 e. The third-order valence-corrected chi connectivity index (χ3v) is 4.49. The van der Waals surface area contributed by atoms with E-state index in [1.165, 1.54) is 31.2 Å². The van der Waals surface area contributed by atoms with E-state index < -0.39 is 0 Å². The molecule has 1 aliphatic carbocycles. The molecule has 0 saturated heterocycles. The molecule has 21 heavy (non-hydrogen) atoms. The minimum atomic E-state index is 0.327. The molecule has 1 aromatic rings. The van der Waals surface area contributed by atoms with Crippen LogP contribution < -0.4 is 5.32 Å². The smallest absolute Gasteiger partial charge is 0.0731 e. The van der Waals surface area contributed by atoms with Gasteiger partial charge in [0.25, 0.3) is 0 Å². The van der Waals surface area contributed by atoms with Crippen molar-refractivity contribution in [2.24, 2.45) is 0 Å². The summed E-state index contributed by atoms with van der Waals surface area (Å²) in [5, 5.41) is 3.64. The van der Waals surface area contributed by atoms with Crippen molar-refractivity contribution in [2.45, 2.75) is 71.4 Å². The molecule has 0 heterocycles. The number of fused-ring (bicyclic) bond motifs is 1. The number of benzene rings is 1. The number of nitrogens with one attached hydrogen (secondary N) is 1. The highest BCUT2D eigenvalue weighted by Crippen LogP contribution is 2.24. The summed E-state index contributed by atoms with van der Waals surface area (Å²) in [6.45, 7) is 8.33. The largest absolute Gasteiger partial charge is 0.377 e. The summed E-state index contributed by atoms with van der Waals surface area (Å²) < 4.78 is 6.00. The molecule has 0 radical (unpaired) electrons. The first-order chi connectivity index (χ1) is 10.3. The van der Waals surface area contributed by atoms with Crippen LogP contribution in [0.4, 0.5) is 0 Å². The highest BCUT2D eigenvalue weighted by molar-refractivity contribution is 5.35. The number of hydrogen-bond acceptors (Lipinski definition) is 2. The highest BCUT2D eigenvalue weighted by atomic mass is 16.5. The predicted octanol–water partition coefficient (Wildman–Crippen LogP) is 3.90. The second kappa shape index (κ2) is 8.55. The summed E-state index contributed by atoms with van der Waals surface area (Å²) in [5.74, 6) is 0. The second-order valence-corrected chi connectivity index (χ2v) is 6.11. The van der Waals surface area contributed by atoms with E-state index in [0.29, 0.717) is 12.1 Å². The Morgan fingerprint density at radius 2 is 1.95 bits per heavy atom. The van der Waals surface area contributed by atoms with Gasteiger partial charge in [-0.2, -0.15) is 0 Å². The highest BCUT2D eigenvalue weighted by Gasteiger charge is 2.21. The monoisotopic (exact) mass is 289 g/mol. The summed E-state index contributed by atoms with van der Waals surface area (Å²) >= 11 is 0. The van der Waals surface area contributed by atoms with Gasteiger partial charge in [0.05, 0.1) is 6.10 Å². The first kappa shape index (κ1) is 16.5. The van der Waals surface area contributed by atoms with Crippen LogP contribution in [0, 0.1) is 0 Å². The van der Waals surface area contributed by atoms with E-state index >= 15 is 0 Å². The van der Waals surface area contributed by atoms with E-state index in [9.17, 15) is 0 Å². The number of rotatable bonds is 9. The number of ether oxygens (including phenoxy) is 1. The molecular formula is C19H31NO. The molecule has 0 aromatic heterocycles. The van der Waals surface area contributed by atoms with Crippen LogP contribution >= 0.6 is 0 Å². The molecule has 2 heteroatoms. The molecule has 1 aromatic carbocycles. The lowest BCUT2D eigenvalue weighted by Gasteiger charge is -2.28. The molecule has 0 saturated carbocycles. The Morgan fingerprint density at radius 1 is 1.14 bits per heavy atom. The lowest BCUT2D eigenvalue weighted by molar-refractivity contribution is 0.0285. The SMILES string of the molecule is CCCC(OCC)C(Cc1ccc2c(c1)CCC2)NCC. The Kier molecular flexibility index (Phi) is 6.72. The van der Waals surface area contributed by atoms with Gasteiger partial charge in [0, 0.05) is 12.6 Å². The van der Waals surface area contributed by atoms with E-state index in [1.54, 1.807) is 11.1 Å². The molecule has 0 bridgehead atoms. The van der Waals surface area contributed by atoms with Crippen LogP contribution in [-0.2, 0) is 24.0 Å². The second-order valence-electron chi connectivity index (χ2n) is 6.11. The standard InChI is InChI=1S/C19H31NO/c1-4-8-19(21-6-3)18(20-5-2)14-15-11-12-16-9-7-10-17(16)13-15/h11-13,18-20H,4-10,14H2,1-3H3. The molecule has 0 fully saturated rings. The molecule has 0 aliphatic heterocycles. The van der Waals surface area contributed by atoms with Crippen LogP contribution in [0.3, 0.4) is 0 Å². The molecule has 2 unspecified atom stereocenters. The summed E-state index contributed by atoms with van der Waals surface area (Å²) in [6, 6.07) is 7.52. The molecular weight excluding hydrogens is 258 g/mol. The molecule has 0 spiro atoms. The number of hydrogen-bond donors (Lipinski definition) is 1. The molecule has 118 valence electrons. The van der Waals surface area contributed by atoms with Crippen molar-refractivity contribution in [1.82, 2.24) is 5.32 Å². The molecule has 0 amide bonds. The Bertz CT molecular complexity index is 424. The van der Waals surface area contributed by atoms with Gasteiger partial charge in [-0.1, -0.05) is 38.5 Å². The number of aryl methyl sites for hydroxylation is 2. The zero-order valence-electron chi connectivity index (χ0n) is 14.0. The average Bonchev–Trinajstić information content (AvgIpc) is 2.94. The average molecular weight is 289 g/mol. The summed E-state index contributed by atoms with van der Waals surface area (Å²) in [7, 11) is 0. The van der Waals surface area contributed by atoms with Gasteiger partial charge < -0.3 is 10.1 Å². The fourth-order valence-electron chi connectivity index (χ4n) is 3.50. The Hall–Kier alpha value is -0.860. The molecule has 2 nitrogen and oxygen atoms in total. The summed E-state index contributed by atoms with van der Waals surface area (Å²) in [5.41, 5.74) is 4.60. The quantitative estimate of drug-likeness (QED) is 0.744. The van der Waals surface area contributed by atoms with Crippen LogP contribution in [0.25, 0.3) is 0 Å². The van der Waals surface area contributed by atoms with E-state index in [0.717, 1.165) is 26.0 Å². The topological polar surface area (TPSA) is 21.3 Å². The summed E-state index contributed by atoms with van der Waals surface area (Å²) in [6.07, 6.45) is 7.57. The van der Waals surface area contributed by atoms with Crippen molar-refractivity contribution >= 4 is 0 Å². The van der Waals surface area contributed by atoms with Crippen molar-refractivity contribution in [2.75, 3.05) is 13.2 Å². The lowest BCUT2D eigenvalue weighted by Crippen LogP contribution is -2.43. The Morgan fingerprint density at radius 3 is 2.67 bits per heavy atom. The van der Waals surface area contributed by atoms with Crippen molar-refractivity contribution in [3.8, 4) is 0 Å². The minimum absolute atomic E-state index is 0.327. The first-order valence-electron chi connectivity index (χ1n) is 8.74. The lowest BCUT2D eigenvalue weighted by atomic mass is 9.96. The van der Waals surface area contributed by atoms with Gasteiger partial charge in [-0.15, -0.1) is 0 Å². The maximum atomic E-state index is 6.00. The molecule has 2 rings (SSSR count). The zero-order valence-corrected chi connectivity index (χ0v) is 14.0. The van der Waals surface area contributed by atoms with Crippen molar-refractivity contribution in [3.63, 3.8) is 0 Å². The van der Waals surface area contributed by atoms with E-state index in [-0.39, 0.29) is 0 Å². The van der Waals surface area contributed by atoms with Gasteiger partial charge in [0.2, 0.25) is 0 Å². The fraction of sp³-hybridized carbons (Fsp3) is 0.684. The van der Waals surface area contributed by atoms with Crippen molar-refractivity contribution in [3.05, 3.63) is 34.9 Å².